The zero-order valence-corrected chi connectivity index (χ0v) is 17.2. The second-order valence-corrected chi connectivity index (χ2v) is 5.48. The first-order valence-corrected chi connectivity index (χ1v) is 8.11. The maximum atomic E-state index is 5.57. The summed E-state index contributed by atoms with van der Waals surface area (Å²) in [6.45, 7) is 12.0. The quantitative estimate of drug-likeness (QED) is 0.210. The number of unbranched alkanes of at least 4 members (excludes halogenated alkanes) is 3. The largest absolute Gasteiger partial charge is 0.444 e. The van der Waals surface area contributed by atoms with Gasteiger partial charge in [0, 0.05) is 20.1 Å². The van der Waals surface area contributed by atoms with Crippen LogP contribution in [0.25, 0.3) is 0 Å². The van der Waals surface area contributed by atoms with Gasteiger partial charge in [0.2, 0.25) is 5.89 Å². The molecule has 0 aliphatic heterocycles. The fraction of sp³-hybridized carbons (Fsp3) is 0.647. The molecule has 0 aliphatic rings. The molecule has 0 bridgehead atoms. The topological polar surface area (TPSA) is 53.7 Å². The highest BCUT2D eigenvalue weighted by Gasteiger charge is 2.08. The average molecular weight is 434 g/mol. The third-order valence-corrected chi connectivity index (χ3v) is 3.54. The summed E-state index contributed by atoms with van der Waals surface area (Å²) in [6, 6.07) is 0. The van der Waals surface area contributed by atoms with Gasteiger partial charge in [0.15, 0.2) is 5.96 Å². The van der Waals surface area contributed by atoms with Crippen molar-refractivity contribution in [2.75, 3.05) is 20.1 Å². The number of nitrogens with zero attached hydrogens (tertiary/aromatic N) is 3. The summed E-state index contributed by atoms with van der Waals surface area (Å²) >= 11 is 0. The van der Waals surface area contributed by atoms with Gasteiger partial charge in [-0.05, 0) is 40.0 Å². The van der Waals surface area contributed by atoms with Gasteiger partial charge in [-0.2, -0.15) is 0 Å². The second kappa shape index (κ2) is 12.4. The van der Waals surface area contributed by atoms with Crippen molar-refractivity contribution < 1.29 is 4.42 Å². The Hall–Kier alpha value is -1.05. The molecule has 0 saturated heterocycles. The third kappa shape index (κ3) is 8.39. The van der Waals surface area contributed by atoms with Crippen molar-refractivity contribution in [3.63, 3.8) is 0 Å². The van der Waals surface area contributed by atoms with Crippen molar-refractivity contribution in [3.05, 3.63) is 30.0 Å². The number of hydrogen-bond acceptors (Lipinski definition) is 3. The first-order chi connectivity index (χ1) is 10.6. The van der Waals surface area contributed by atoms with Crippen LogP contribution in [0.4, 0.5) is 0 Å². The Balaban J connectivity index is 0.00000484. The Morgan fingerprint density at radius 2 is 2.09 bits per heavy atom. The molecule has 0 fully saturated rings. The van der Waals surface area contributed by atoms with Gasteiger partial charge in [-0.25, -0.2) is 9.98 Å². The minimum Gasteiger partial charge on any atom is -0.444 e. The number of rotatable bonds is 9. The van der Waals surface area contributed by atoms with Crippen LogP contribution in [-0.4, -0.2) is 36.0 Å². The standard InChI is InChI=1S/C17H30N4O.HI/c1-6-8-9-10-11-12-21(5)17(18-7-2)19-13-16-20-14(3)15(4)22-16;/h6H,1,7-13H2,2-5H3,(H,18,19);1H. The van der Waals surface area contributed by atoms with E-state index in [9.17, 15) is 0 Å². The summed E-state index contributed by atoms with van der Waals surface area (Å²) in [5.74, 6) is 2.44. The van der Waals surface area contributed by atoms with Gasteiger partial charge in [0.25, 0.3) is 0 Å². The zero-order valence-electron chi connectivity index (χ0n) is 14.9. The lowest BCUT2D eigenvalue weighted by Crippen LogP contribution is -2.39. The minimum atomic E-state index is 0. The van der Waals surface area contributed by atoms with Crippen LogP contribution < -0.4 is 5.32 Å². The van der Waals surface area contributed by atoms with Gasteiger partial charge in [-0.1, -0.05) is 12.5 Å². The lowest BCUT2D eigenvalue weighted by molar-refractivity contribution is 0.447. The maximum Gasteiger partial charge on any atom is 0.216 e. The summed E-state index contributed by atoms with van der Waals surface area (Å²) in [7, 11) is 2.07. The third-order valence-electron chi connectivity index (χ3n) is 3.54. The summed E-state index contributed by atoms with van der Waals surface area (Å²) in [5, 5.41) is 3.32. The van der Waals surface area contributed by atoms with Crippen LogP contribution in [0.3, 0.4) is 0 Å². The van der Waals surface area contributed by atoms with E-state index in [0.717, 1.165) is 43.3 Å². The van der Waals surface area contributed by atoms with E-state index in [1.807, 2.05) is 19.9 Å². The van der Waals surface area contributed by atoms with Gasteiger partial charge in [0.1, 0.15) is 12.3 Å². The molecule has 1 heterocycles. The summed E-state index contributed by atoms with van der Waals surface area (Å²) in [6.07, 6.45) is 6.66. The first kappa shape index (κ1) is 21.9. The number of oxazole rings is 1. The SMILES string of the molecule is C=CCCCCCN(C)C(=NCc1nc(C)c(C)o1)NCC.I. The molecule has 132 valence electrons. The number of hydrogen-bond donors (Lipinski definition) is 1. The molecular formula is C17H31IN4O. The monoisotopic (exact) mass is 434 g/mol. The van der Waals surface area contributed by atoms with E-state index in [4.69, 9.17) is 4.42 Å². The Labute approximate surface area is 157 Å². The number of halogens is 1. The second-order valence-electron chi connectivity index (χ2n) is 5.48. The van der Waals surface area contributed by atoms with E-state index >= 15 is 0 Å². The molecule has 0 atom stereocenters. The molecule has 0 unspecified atom stereocenters. The van der Waals surface area contributed by atoms with E-state index in [2.05, 4.69) is 40.7 Å². The fourth-order valence-corrected chi connectivity index (χ4v) is 2.14. The van der Waals surface area contributed by atoms with Crippen LogP contribution >= 0.6 is 24.0 Å². The average Bonchev–Trinajstić information content (AvgIpc) is 2.81. The van der Waals surface area contributed by atoms with Crippen LogP contribution in [0, 0.1) is 13.8 Å². The number of aryl methyl sites for hydroxylation is 2. The van der Waals surface area contributed by atoms with Gasteiger partial charge in [-0.3, -0.25) is 0 Å². The number of guanidine groups is 1. The first-order valence-electron chi connectivity index (χ1n) is 8.11. The Morgan fingerprint density at radius 1 is 1.35 bits per heavy atom. The molecule has 0 radical (unpaired) electrons. The van der Waals surface area contributed by atoms with Crippen molar-refractivity contribution in [3.8, 4) is 0 Å². The molecule has 0 aromatic carbocycles. The molecule has 1 N–H and O–H groups in total. The zero-order chi connectivity index (χ0) is 16.4. The molecular weight excluding hydrogens is 403 g/mol. The summed E-state index contributed by atoms with van der Waals surface area (Å²) in [4.78, 5) is 11.1. The number of nitrogens with one attached hydrogen (secondary N) is 1. The minimum absolute atomic E-state index is 0. The predicted octanol–water partition coefficient (Wildman–Crippen LogP) is 4.05. The Kier molecular flexibility index (Phi) is 11.8. The molecule has 0 amide bonds. The molecule has 6 heteroatoms. The summed E-state index contributed by atoms with van der Waals surface area (Å²) in [5.41, 5.74) is 0.936. The molecule has 1 rings (SSSR count). The Morgan fingerprint density at radius 3 is 2.65 bits per heavy atom. The van der Waals surface area contributed by atoms with E-state index in [1.165, 1.54) is 12.8 Å². The molecule has 0 spiro atoms. The number of aliphatic imine (C=N–C) groups is 1. The molecule has 0 aliphatic carbocycles. The summed E-state index contributed by atoms with van der Waals surface area (Å²) < 4.78 is 5.57. The normalized spacial score (nSPS) is 11.0. The van der Waals surface area contributed by atoms with E-state index in [-0.39, 0.29) is 24.0 Å². The number of allylic oxidation sites excluding steroid dienone is 1. The van der Waals surface area contributed by atoms with E-state index in [1.54, 1.807) is 0 Å². The lowest BCUT2D eigenvalue weighted by atomic mass is 10.2. The molecule has 0 saturated carbocycles. The van der Waals surface area contributed by atoms with Crippen molar-refractivity contribution in [2.45, 2.75) is 53.0 Å². The molecule has 1 aromatic heterocycles. The van der Waals surface area contributed by atoms with Crippen LogP contribution in [0.2, 0.25) is 0 Å². The highest BCUT2D eigenvalue weighted by Crippen LogP contribution is 2.09. The van der Waals surface area contributed by atoms with Crippen LogP contribution in [-0.2, 0) is 6.54 Å². The van der Waals surface area contributed by atoms with Crippen LogP contribution in [0.5, 0.6) is 0 Å². The van der Waals surface area contributed by atoms with Gasteiger partial charge >= 0.3 is 0 Å². The van der Waals surface area contributed by atoms with Gasteiger partial charge < -0.3 is 14.6 Å². The van der Waals surface area contributed by atoms with Crippen molar-refractivity contribution >= 4 is 29.9 Å². The number of aromatic nitrogens is 1. The maximum absolute atomic E-state index is 5.57. The smallest absolute Gasteiger partial charge is 0.216 e. The highest BCUT2D eigenvalue weighted by atomic mass is 127. The van der Waals surface area contributed by atoms with Crippen LogP contribution in [0.1, 0.15) is 50.0 Å². The van der Waals surface area contributed by atoms with Crippen molar-refractivity contribution in [2.24, 2.45) is 4.99 Å². The Bertz CT molecular complexity index is 465. The van der Waals surface area contributed by atoms with Crippen LogP contribution in [0.15, 0.2) is 22.1 Å². The van der Waals surface area contributed by atoms with Crippen molar-refractivity contribution in [1.82, 2.24) is 15.2 Å². The van der Waals surface area contributed by atoms with Crippen molar-refractivity contribution in [1.29, 1.82) is 0 Å². The molecule has 5 nitrogen and oxygen atoms in total. The van der Waals surface area contributed by atoms with E-state index < -0.39 is 0 Å². The highest BCUT2D eigenvalue weighted by molar-refractivity contribution is 14.0. The van der Waals surface area contributed by atoms with Gasteiger partial charge in [-0.15, -0.1) is 30.6 Å². The predicted molar refractivity (Wildman–Crippen MR) is 108 cm³/mol. The van der Waals surface area contributed by atoms with Gasteiger partial charge in [0.05, 0.1) is 5.69 Å². The molecule has 1 aromatic rings. The molecule has 23 heavy (non-hydrogen) atoms. The fourth-order valence-electron chi connectivity index (χ4n) is 2.14. The lowest BCUT2D eigenvalue weighted by Gasteiger charge is -2.21. The van der Waals surface area contributed by atoms with E-state index in [0.29, 0.717) is 12.4 Å².